The van der Waals surface area contributed by atoms with Crippen molar-refractivity contribution < 1.29 is 4.42 Å². The summed E-state index contributed by atoms with van der Waals surface area (Å²) >= 11 is 1.70. The molecule has 0 aliphatic carbocycles. The summed E-state index contributed by atoms with van der Waals surface area (Å²) in [4.78, 5) is 4.34. The molecule has 2 N–H and O–H groups in total. The molecule has 1 aromatic carbocycles. The van der Waals surface area contributed by atoms with E-state index in [4.69, 9.17) is 9.83 Å². The fourth-order valence-corrected chi connectivity index (χ4v) is 2.67. The maximum atomic E-state index is 8.57. The number of anilines is 1. The summed E-state index contributed by atoms with van der Waals surface area (Å²) < 4.78 is 5.55. The van der Waals surface area contributed by atoms with Gasteiger partial charge >= 0.3 is 0 Å². The molecular formula is C17H17N3OS. The fraction of sp³-hybridized carbons (Fsp3) is 0.176. The SMILES string of the molecule is CSCNc1cc(C)ncc1C(=N)c1coc2ccccc12. The lowest BCUT2D eigenvalue weighted by molar-refractivity contribution is 0.615. The van der Waals surface area contributed by atoms with Crippen molar-refractivity contribution in [3.8, 4) is 0 Å². The molecule has 112 valence electrons. The Labute approximate surface area is 133 Å². The molecule has 0 radical (unpaired) electrons. The molecule has 0 amide bonds. The maximum Gasteiger partial charge on any atom is 0.134 e. The zero-order chi connectivity index (χ0) is 15.5. The molecule has 0 saturated carbocycles. The highest BCUT2D eigenvalue weighted by Crippen LogP contribution is 2.26. The van der Waals surface area contributed by atoms with Gasteiger partial charge in [0.2, 0.25) is 0 Å². The van der Waals surface area contributed by atoms with E-state index in [1.807, 2.05) is 43.5 Å². The number of aryl methyl sites for hydroxylation is 1. The molecule has 0 aliphatic rings. The van der Waals surface area contributed by atoms with Crippen molar-refractivity contribution >= 4 is 34.1 Å². The van der Waals surface area contributed by atoms with Gasteiger partial charge in [0.25, 0.3) is 0 Å². The third-order valence-corrected chi connectivity index (χ3v) is 3.90. The molecule has 5 heteroatoms. The molecule has 0 saturated heterocycles. The average molecular weight is 311 g/mol. The van der Waals surface area contributed by atoms with Crippen molar-refractivity contribution in [2.45, 2.75) is 6.92 Å². The molecule has 0 bridgehead atoms. The predicted molar refractivity (Wildman–Crippen MR) is 93.1 cm³/mol. The molecule has 3 aromatic rings. The molecular weight excluding hydrogens is 294 g/mol. The summed E-state index contributed by atoms with van der Waals surface area (Å²) in [7, 11) is 0. The normalized spacial score (nSPS) is 10.8. The van der Waals surface area contributed by atoms with Crippen molar-refractivity contribution in [3.05, 3.63) is 59.6 Å². The number of nitrogens with zero attached hydrogens (tertiary/aromatic N) is 1. The smallest absolute Gasteiger partial charge is 0.134 e. The van der Waals surface area contributed by atoms with E-state index in [1.54, 1.807) is 24.2 Å². The van der Waals surface area contributed by atoms with E-state index in [2.05, 4.69) is 10.3 Å². The molecule has 2 aromatic heterocycles. The highest BCUT2D eigenvalue weighted by molar-refractivity contribution is 7.98. The zero-order valence-electron chi connectivity index (χ0n) is 12.5. The van der Waals surface area contributed by atoms with E-state index in [0.717, 1.165) is 39.4 Å². The first-order valence-electron chi connectivity index (χ1n) is 6.95. The number of benzene rings is 1. The molecule has 3 rings (SSSR count). The van der Waals surface area contributed by atoms with Gasteiger partial charge in [0, 0.05) is 34.1 Å². The molecule has 0 atom stereocenters. The summed E-state index contributed by atoms with van der Waals surface area (Å²) in [5, 5.41) is 12.9. The zero-order valence-corrected chi connectivity index (χ0v) is 13.3. The van der Waals surface area contributed by atoms with Crippen LogP contribution in [0.3, 0.4) is 0 Å². The molecule has 22 heavy (non-hydrogen) atoms. The number of thioether (sulfide) groups is 1. The van der Waals surface area contributed by atoms with Crippen molar-refractivity contribution in [2.24, 2.45) is 0 Å². The first kappa shape index (κ1) is 14.7. The van der Waals surface area contributed by atoms with Crippen molar-refractivity contribution in [2.75, 3.05) is 17.4 Å². The number of hydrogen-bond acceptors (Lipinski definition) is 5. The van der Waals surface area contributed by atoms with Crippen LogP contribution in [0.15, 0.2) is 47.2 Å². The number of aromatic nitrogens is 1. The Morgan fingerprint density at radius 2 is 2.14 bits per heavy atom. The maximum absolute atomic E-state index is 8.57. The topological polar surface area (TPSA) is 61.9 Å². The highest BCUT2D eigenvalue weighted by atomic mass is 32.2. The van der Waals surface area contributed by atoms with Gasteiger partial charge in [-0.3, -0.25) is 10.4 Å². The minimum absolute atomic E-state index is 0.418. The van der Waals surface area contributed by atoms with Crippen LogP contribution in [0.5, 0.6) is 0 Å². The Hall–Kier alpha value is -2.27. The van der Waals surface area contributed by atoms with E-state index < -0.39 is 0 Å². The molecule has 2 heterocycles. The van der Waals surface area contributed by atoms with Gasteiger partial charge < -0.3 is 9.73 Å². The largest absolute Gasteiger partial charge is 0.464 e. The third-order valence-electron chi connectivity index (χ3n) is 3.47. The predicted octanol–water partition coefficient (Wildman–Crippen LogP) is 4.28. The lowest BCUT2D eigenvalue weighted by atomic mass is 10.0. The van der Waals surface area contributed by atoms with Gasteiger partial charge in [-0.15, -0.1) is 11.8 Å². The lowest BCUT2D eigenvalue weighted by Crippen LogP contribution is -2.08. The van der Waals surface area contributed by atoms with Crippen LogP contribution in [-0.2, 0) is 0 Å². The van der Waals surface area contributed by atoms with E-state index in [9.17, 15) is 0 Å². The van der Waals surface area contributed by atoms with Crippen molar-refractivity contribution in [1.29, 1.82) is 5.41 Å². The summed E-state index contributed by atoms with van der Waals surface area (Å²) in [6, 6.07) is 9.74. The van der Waals surface area contributed by atoms with E-state index in [0.29, 0.717) is 5.71 Å². The van der Waals surface area contributed by atoms with Gasteiger partial charge in [-0.05, 0) is 25.3 Å². The monoisotopic (exact) mass is 311 g/mol. The second-order valence-corrected chi connectivity index (χ2v) is 5.87. The van der Waals surface area contributed by atoms with Crippen LogP contribution < -0.4 is 5.32 Å². The minimum Gasteiger partial charge on any atom is -0.464 e. The lowest BCUT2D eigenvalue weighted by Gasteiger charge is -2.12. The van der Waals surface area contributed by atoms with Crippen LogP contribution in [0, 0.1) is 12.3 Å². The quantitative estimate of drug-likeness (QED) is 0.545. The van der Waals surface area contributed by atoms with Gasteiger partial charge in [0.05, 0.1) is 11.6 Å². The number of furan rings is 1. The minimum atomic E-state index is 0.418. The van der Waals surface area contributed by atoms with Gasteiger partial charge in [-0.1, -0.05) is 18.2 Å². The van der Waals surface area contributed by atoms with E-state index >= 15 is 0 Å². The fourth-order valence-electron chi connectivity index (χ4n) is 2.37. The highest BCUT2D eigenvalue weighted by Gasteiger charge is 2.15. The van der Waals surface area contributed by atoms with Crippen LogP contribution in [0.1, 0.15) is 16.8 Å². The standard InChI is InChI=1S/C17H17N3OS/c1-11-7-15(20-10-22-2)13(8-19-11)17(18)14-9-21-16-6-4-3-5-12(14)16/h3-9,18H,10H2,1-2H3,(H,19,20). The molecule has 0 fully saturated rings. The van der Waals surface area contributed by atoms with Crippen LogP contribution in [0.4, 0.5) is 5.69 Å². The average Bonchev–Trinajstić information content (AvgIpc) is 2.96. The molecule has 0 spiro atoms. The Balaban J connectivity index is 2.05. The van der Waals surface area contributed by atoms with Gasteiger partial charge in [-0.2, -0.15) is 0 Å². The first-order valence-corrected chi connectivity index (χ1v) is 8.35. The number of pyridine rings is 1. The van der Waals surface area contributed by atoms with Gasteiger partial charge in [-0.25, -0.2) is 0 Å². The number of para-hydroxylation sites is 1. The van der Waals surface area contributed by atoms with Crippen LogP contribution >= 0.6 is 11.8 Å². The Morgan fingerprint density at radius 1 is 1.32 bits per heavy atom. The van der Waals surface area contributed by atoms with E-state index in [-0.39, 0.29) is 0 Å². The van der Waals surface area contributed by atoms with Crippen molar-refractivity contribution in [3.63, 3.8) is 0 Å². The third kappa shape index (κ3) is 2.72. The Bertz CT molecular complexity index is 826. The number of hydrogen-bond donors (Lipinski definition) is 2. The summed E-state index contributed by atoms with van der Waals surface area (Å²) in [5.41, 5.74) is 4.64. The molecule has 0 unspecified atom stereocenters. The van der Waals surface area contributed by atoms with Gasteiger partial charge in [0.15, 0.2) is 0 Å². The van der Waals surface area contributed by atoms with Gasteiger partial charge in [0.1, 0.15) is 11.8 Å². The second-order valence-electron chi connectivity index (χ2n) is 5.00. The Morgan fingerprint density at radius 3 is 2.95 bits per heavy atom. The number of rotatable bonds is 5. The summed E-state index contributed by atoms with van der Waals surface area (Å²) in [6.45, 7) is 1.95. The van der Waals surface area contributed by atoms with E-state index in [1.165, 1.54) is 0 Å². The first-order chi connectivity index (χ1) is 10.7. The van der Waals surface area contributed by atoms with Crippen LogP contribution in [0.25, 0.3) is 11.0 Å². The summed E-state index contributed by atoms with van der Waals surface area (Å²) in [6.07, 6.45) is 5.43. The molecule has 4 nitrogen and oxygen atoms in total. The molecule has 0 aliphatic heterocycles. The van der Waals surface area contributed by atoms with Crippen LogP contribution in [0.2, 0.25) is 0 Å². The van der Waals surface area contributed by atoms with Crippen molar-refractivity contribution in [1.82, 2.24) is 4.98 Å². The summed E-state index contributed by atoms with van der Waals surface area (Å²) in [5.74, 6) is 0.788. The number of fused-ring (bicyclic) bond motifs is 1. The number of nitrogens with one attached hydrogen (secondary N) is 2. The second kappa shape index (κ2) is 6.23. The van der Waals surface area contributed by atoms with Crippen LogP contribution in [-0.4, -0.2) is 22.8 Å². The Kier molecular flexibility index (Phi) is 4.15.